The van der Waals surface area contributed by atoms with E-state index in [2.05, 4.69) is 5.32 Å². The smallest absolute Gasteiger partial charge is 0.341 e. The van der Waals surface area contributed by atoms with Gasteiger partial charge in [0, 0.05) is 23.9 Å². The van der Waals surface area contributed by atoms with Crippen molar-refractivity contribution in [1.82, 2.24) is 0 Å². The van der Waals surface area contributed by atoms with Gasteiger partial charge >= 0.3 is 5.97 Å². The molecule has 0 aliphatic rings. The van der Waals surface area contributed by atoms with E-state index in [-0.39, 0.29) is 18.2 Å². The Kier molecular flexibility index (Phi) is 5.89. The summed E-state index contributed by atoms with van der Waals surface area (Å²) in [4.78, 5) is 10.6. The number of carboxylic acids is 1. The van der Waals surface area contributed by atoms with Gasteiger partial charge in [-0.15, -0.1) is 0 Å². The first-order valence-corrected chi connectivity index (χ1v) is 8.66. The summed E-state index contributed by atoms with van der Waals surface area (Å²) < 4.78 is 33.2. The van der Waals surface area contributed by atoms with Crippen LogP contribution in [-0.2, 0) is 11.3 Å². The number of hydrogen-bond donors (Lipinski definition) is 2. The van der Waals surface area contributed by atoms with Crippen LogP contribution in [0, 0.1) is 18.6 Å². The van der Waals surface area contributed by atoms with Crippen LogP contribution in [-0.4, -0.2) is 17.7 Å². The first kappa shape index (κ1) is 19.4. The van der Waals surface area contributed by atoms with E-state index in [0.29, 0.717) is 28.1 Å². The fourth-order valence-electron chi connectivity index (χ4n) is 2.84. The van der Waals surface area contributed by atoms with Crippen molar-refractivity contribution in [3.05, 3.63) is 83.4 Å². The van der Waals surface area contributed by atoms with Crippen molar-refractivity contribution in [3.8, 4) is 16.9 Å². The van der Waals surface area contributed by atoms with Gasteiger partial charge in [-0.2, -0.15) is 0 Å². The van der Waals surface area contributed by atoms with Crippen molar-refractivity contribution < 1.29 is 23.4 Å². The Hall–Kier alpha value is -3.41. The van der Waals surface area contributed by atoms with Crippen LogP contribution >= 0.6 is 0 Å². The third kappa shape index (κ3) is 4.85. The summed E-state index contributed by atoms with van der Waals surface area (Å²) in [5, 5.41) is 11.8. The minimum atomic E-state index is -1.06. The second-order valence-electron chi connectivity index (χ2n) is 6.34. The van der Waals surface area contributed by atoms with Crippen LogP contribution in [0.25, 0.3) is 11.1 Å². The molecule has 3 rings (SSSR count). The number of aryl methyl sites for hydroxylation is 1. The van der Waals surface area contributed by atoms with E-state index in [0.717, 1.165) is 5.56 Å². The van der Waals surface area contributed by atoms with Crippen molar-refractivity contribution in [2.45, 2.75) is 13.5 Å². The van der Waals surface area contributed by atoms with Gasteiger partial charge in [0.2, 0.25) is 0 Å². The number of benzene rings is 3. The highest BCUT2D eigenvalue weighted by molar-refractivity contribution is 5.68. The lowest BCUT2D eigenvalue weighted by Crippen LogP contribution is -2.09. The second-order valence-corrected chi connectivity index (χ2v) is 6.34. The van der Waals surface area contributed by atoms with Crippen LogP contribution in [0.2, 0.25) is 0 Å². The minimum absolute atomic E-state index is 0.207. The van der Waals surface area contributed by atoms with Gasteiger partial charge < -0.3 is 15.2 Å². The molecule has 3 aromatic rings. The number of hydrogen-bond acceptors (Lipinski definition) is 3. The fraction of sp³-hybridized carbons (Fsp3) is 0.136. The van der Waals surface area contributed by atoms with E-state index in [1.54, 1.807) is 55.5 Å². The zero-order valence-electron chi connectivity index (χ0n) is 15.2. The van der Waals surface area contributed by atoms with Crippen molar-refractivity contribution in [1.29, 1.82) is 0 Å². The van der Waals surface area contributed by atoms with Crippen molar-refractivity contribution in [2.75, 3.05) is 11.9 Å². The predicted octanol–water partition coefficient (Wildman–Crippen LogP) is 5.02. The lowest BCUT2D eigenvalue weighted by atomic mass is 9.99. The van der Waals surface area contributed by atoms with Crippen molar-refractivity contribution in [3.63, 3.8) is 0 Å². The summed E-state index contributed by atoms with van der Waals surface area (Å²) >= 11 is 0. The summed E-state index contributed by atoms with van der Waals surface area (Å²) in [6.45, 7) is 1.44. The van der Waals surface area contributed by atoms with Crippen LogP contribution < -0.4 is 10.1 Å². The lowest BCUT2D eigenvalue weighted by molar-refractivity contribution is -0.139. The molecule has 0 saturated heterocycles. The average molecular weight is 383 g/mol. The Labute approximate surface area is 161 Å². The number of aliphatic carboxylic acids is 1. The molecule has 0 aromatic heterocycles. The number of carbonyl (C=O) groups is 1. The van der Waals surface area contributed by atoms with Crippen LogP contribution in [0.4, 0.5) is 14.5 Å². The molecule has 0 heterocycles. The molecule has 144 valence electrons. The first-order chi connectivity index (χ1) is 13.4. The molecule has 0 aliphatic carbocycles. The van der Waals surface area contributed by atoms with Gasteiger partial charge in [-0.05, 0) is 60.0 Å². The first-order valence-electron chi connectivity index (χ1n) is 8.66. The van der Waals surface area contributed by atoms with E-state index in [4.69, 9.17) is 9.84 Å². The van der Waals surface area contributed by atoms with E-state index in [1.165, 1.54) is 12.1 Å². The third-order valence-corrected chi connectivity index (χ3v) is 4.17. The van der Waals surface area contributed by atoms with Crippen molar-refractivity contribution in [2.24, 2.45) is 0 Å². The Morgan fingerprint density at radius 2 is 1.82 bits per heavy atom. The molecule has 0 saturated carbocycles. The predicted molar refractivity (Wildman–Crippen MR) is 103 cm³/mol. The molecule has 0 spiro atoms. The molecule has 6 heteroatoms. The fourth-order valence-corrected chi connectivity index (χ4v) is 2.84. The molecule has 0 radical (unpaired) electrons. The molecule has 28 heavy (non-hydrogen) atoms. The van der Waals surface area contributed by atoms with Gasteiger partial charge in [-0.3, -0.25) is 0 Å². The van der Waals surface area contributed by atoms with Gasteiger partial charge in [0.1, 0.15) is 17.4 Å². The van der Waals surface area contributed by atoms with E-state index in [1.807, 2.05) is 0 Å². The number of ether oxygens (including phenoxy) is 1. The Morgan fingerprint density at radius 3 is 2.57 bits per heavy atom. The van der Waals surface area contributed by atoms with Crippen LogP contribution in [0.15, 0.2) is 60.7 Å². The van der Waals surface area contributed by atoms with E-state index in [9.17, 15) is 13.6 Å². The molecule has 0 unspecified atom stereocenters. The summed E-state index contributed by atoms with van der Waals surface area (Å²) in [6.07, 6.45) is 0. The summed E-state index contributed by atoms with van der Waals surface area (Å²) in [6, 6.07) is 16.3. The highest BCUT2D eigenvalue weighted by atomic mass is 19.1. The zero-order valence-corrected chi connectivity index (χ0v) is 15.2. The average Bonchev–Trinajstić information content (AvgIpc) is 2.67. The van der Waals surface area contributed by atoms with Crippen LogP contribution in [0.3, 0.4) is 0 Å². The molecule has 4 nitrogen and oxygen atoms in total. The largest absolute Gasteiger partial charge is 0.482 e. The Morgan fingerprint density at radius 1 is 1.04 bits per heavy atom. The normalized spacial score (nSPS) is 10.5. The Balaban J connectivity index is 1.79. The molecule has 2 N–H and O–H groups in total. The highest BCUT2D eigenvalue weighted by Crippen LogP contribution is 2.26. The zero-order chi connectivity index (χ0) is 20.1. The Bertz CT molecular complexity index is 1000. The molecular formula is C22H19F2NO3. The second kappa shape index (κ2) is 8.52. The standard InChI is InChI=1S/C22H19F2NO3/c1-14-8-16(15-4-2-5-18(23)10-15)9-17(22(14)24)12-25-19-6-3-7-20(11-19)28-13-21(26)27/h2-11,25H,12-13H2,1H3,(H,26,27). The SMILES string of the molecule is Cc1cc(-c2cccc(F)c2)cc(CNc2cccc(OCC(=O)O)c2)c1F. The van der Waals surface area contributed by atoms with Gasteiger partial charge in [0.25, 0.3) is 0 Å². The molecule has 0 aliphatic heterocycles. The lowest BCUT2D eigenvalue weighted by Gasteiger charge is -2.13. The van der Waals surface area contributed by atoms with Gasteiger partial charge in [-0.25, -0.2) is 13.6 Å². The molecule has 3 aromatic carbocycles. The van der Waals surface area contributed by atoms with E-state index < -0.39 is 12.6 Å². The molecule has 0 bridgehead atoms. The van der Waals surface area contributed by atoms with Crippen LogP contribution in [0.5, 0.6) is 5.75 Å². The molecule has 0 atom stereocenters. The maximum absolute atomic E-state index is 14.6. The quantitative estimate of drug-likeness (QED) is 0.602. The van der Waals surface area contributed by atoms with Gasteiger partial charge in [0.15, 0.2) is 6.61 Å². The number of anilines is 1. The maximum atomic E-state index is 14.6. The van der Waals surface area contributed by atoms with E-state index >= 15 is 0 Å². The number of nitrogens with one attached hydrogen (secondary N) is 1. The van der Waals surface area contributed by atoms with Crippen LogP contribution in [0.1, 0.15) is 11.1 Å². The monoisotopic (exact) mass is 383 g/mol. The maximum Gasteiger partial charge on any atom is 0.341 e. The highest BCUT2D eigenvalue weighted by Gasteiger charge is 2.10. The number of carboxylic acid groups (broad SMARTS) is 1. The summed E-state index contributed by atoms with van der Waals surface area (Å²) in [7, 11) is 0. The third-order valence-electron chi connectivity index (χ3n) is 4.17. The summed E-state index contributed by atoms with van der Waals surface area (Å²) in [5.74, 6) is -1.34. The van der Waals surface area contributed by atoms with Gasteiger partial charge in [0.05, 0.1) is 0 Å². The number of rotatable bonds is 7. The topological polar surface area (TPSA) is 58.6 Å². The molecule has 0 fully saturated rings. The molecular weight excluding hydrogens is 364 g/mol. The number of halogens is 2. The van der Waals surface area contributed by atoms with Crippen molar-refractivity contribution >= 4 is 11.7 Å². The minimum Gasteiger partial charge on any atom is -0.482 e. The summed E-state index contributed by atoms with van der Waals surface area (Å²) in [5.41, 5.74) is 2.98. The molecule has 0 amide bonds. The van der Waals surface area contributed by atoms with Gasteiger partial charge in [-0.1, -0.05) is 18.2 Å².